The molecule has 4 heteroatoms. The molecule has 17 heavy (non-hydrogen) atoms. The molecule has 0 saturated heterocycles. The van der Waals surface area contributed by atoms with Crippen LogP contribution in [0.5, 0.6) is 0 Å². The van der Waals surface area contributed by atoms with E-state index in [2.05, 4.69) is 43.4 Å². The van der Waals surface area contributed by atoms with E-state index in [0.717, 1.165) is 30.2 Å². The molecule has 0 unspecified atom stereocenters. The summed E-state index contributed by atoms with van der Waals surface area (Å²) in [7, 11) is 0. The molecule has 0 aromatic carbocycles. The molecule has 0 aliphatic carbocycles. The van der Waals surface area contributed by atoms with Gasteiger partial charge in [-0.2, -0.15) is 0 Å². The molecule has 0 aliphatic rings. The Balaban J connectivity index is 2.35. The second-order valence-corrected chi connectivity index (χ2v) is 6.46. The largest absolute Gasteiger partial charge is 0.330 e. The van der Waals surface area contributed by atoms with Crippen molar-refractivity contribution in [2.75, 3.05) is 13.1 Å². The van der Waals surface area contributed by atoms with Crippen molar-refractivity contribution in [2.24, 2.45) is 17.1 Å². The van der Waals surface area contributed by atoms with Crippen molar-refractivity contribution in [1.82, 2.24) is 10.3 Å². The molecule has 0 radical (unpaired) electrons. The molecule has 0 saturated carbocycles. The Morgan fingerprint density at radius 1 is 1.47 bits per heavy atom. The molecule has 1 aromatic heterocycles. The zero-order valence-electron chi connectivity index (χ0n) is 11.4. The molecule has 0 atom stereocenters. The first-order valence-corrected chi connectivity index (χ1v) is 7.17. The zero-order valence-corrected chi connectivity index (χ0v) is 12.2. The van der Waals surface area contributed by atoms with Crippen molar-refractivity contribution in [2.45, 2.75) is 40.7 Å². The smallest absolute Gasteiger partial charge is 0.0941 e. The Hall–Kier alpha value is -0.450. The van der Waals surface area contributed by atoms with Gasteiger partial charge in [0, 0.05) is 24.9 Å². The normalized spacial score (nSPS) is 12.4. The van der Waals surface area contributed by atoms with Crippen LogP contribution >= 0.6 is 11.3 Å². The SMILES string of the molecule is CC(C)C(C)(C)CNCc1csc(CCN)n1. The van der Waals surface area contributed by atoms with E-state index >= 15 is 0 Å². The van der Waals surface area contributed by atoms with Crippen LogP contribution in [0.1, 0.15) is 38.4 Å². The highest BCUT2D eigenvalue weighted by molar-refractivity contribution is 7.09. The number of nitrogens with one attached hydrogen (secondary N) is 1. The highest BCUT2D eigenvalue weighted by Crippen LogP contribution is 2.24. The fourth-order valence-electron chi connectivity index (χ4n) is 1.39. The lowest BCUT2D eigenvalue weighted by Gasteiger charge is -2.29. The fraction of sp³-hybridized carbons (Fsp3) is 0.769. The summed E-state index contributed by atoms with van der Waals surface area (Å²) in [4.78, 5) is 4.54. The van der Waals surface area contributed by atoms with Crippen LogP contribution in [-0.4, -0.2) is 18.1 Å². The van der Waals surface area contributed by atoms with Gasteiger partial charge in [0.05, 0.1) is 10.7 Å². The first-order chi connectivity index (χ1) is 7.95. The second kappa shape index (κ2) is 6.47. The van der Waals surface area contributed by atoms with Crippen molar-refractivity contribution < 1.29 is 0 Å². The standard InChI is InChI=1S/C13H25N3S/c1-10(2)13(3,4)9-15-7-11-8-17-12(16-11)5-6-14/h8,10,15H,5-7,9,14H2,1-4H3. The van der Waals surface area contributed by atoms with Crippen LogP contribution in [0.4, 0.5) is 0 Å². The third-order valence-electron chi connectivity index (χ3n) is 3.41. The zero-order chi connectivity index (χ0) is 12.9. The van der Waals surface area contributed by atoms with Crippen LogP contribution in [0.2, 0.25) is 0 Å². The number of hydrogen-bond acceptors (Lipinski definition) is 4. The predicted octanol–water partition coefficient (Wildman–Crippen LogP) is 2.42. The summed E-state index contributed by atoms with van der Waals surface area (Å²) in [5.74, 6) is 0.679. The van der Waals surface area contributed by atoms with Gasteiger partial charge in [0.1, 0.15) is 0 Å². The Bertz CT molecular complexity index is 331. The minimum atomic E-state index is 0.329. The molecular formula is C13H25N3S. The van der Waals surface area contributed by atoms with E-state index in [1.807, 2.05) is 0 Å². The lowest BCUT2D eigenvalue weighted by molar-refractivity contribution is 0.237. The van der Waals surface area contributed by atoms with E-state index < -0.39 is 0 Å². The minimum Gasteiger partial charge on any atom is -0.330 e. The Morgan fingerprint density at radius 2 is 2.18 bits per heavy atom. The summed E-state index contributed by atoms with van der Waals surface area (Å²) < 4.78 is 0. The molecule has 0 amide bonds. The van der Waals surface area contributed by atoms with E-state index in [1.54, 1.807) is 11.3 Å². The molecule has 1 heterocycles. The topological polar surface area (TPSA) is 50.9 Å². The van der Waals surface area contributed by atoms with Crippen LogP contribution in [-0.2, 0) is 13.0 Å². The quantitative estimate of drug-likeness (QED) is 0.786. The second-order valence-electron chi connectivity index (χ2n) is 5.52. The van der Waals surface area contributed by atoms with Gasteiger partial charge in [-0.1, -0.05) is 27.7 Å². The van der Waals surface area contributed by atoms with E-state index in [1.165, 1.54) is 0 Å². The van der Waals surface area contributed by atoms with Gasteiger partial charge in [0.2, 0.25) is 0 Å². The molecule has 0 aliphatic heterocycles. The first kappa shape index (κ1) is 14.6. The summed E-state index contributed by atoms with van der Waals surface area (Å²) in [5, 5.41) is 6.76. The molecule has 0 bridgehead atoms. The summed E-state index contributed by atoms with van der Waals surface area (Å²) in [6.07, 6.45) is 0.891. The summed E-state index contributed by atoms with van der Waals surface area (Å²) >= 11 is 1.71. The van der Waals surface area contributed by atoms with E-state index in [0.29, 0.717) is 17.9 Å². The summed E-state index contributed by atoms with van der Waals surface area (Å²) in [6, 6.07) is 0. The van der Waals surface area contributed by atoms with Crippen LogP contribution in [0.25, 0.3) is 0 Å². The van der Waals surface area contributed by atoms with Gasteiger partial charge in [-0.05, 0) is 17.9 Å². The van der Waals surface area contributed by atoms with Crippen LogP contribution in [0, 0.1) is 11.3 Å². The number of thiazole rings is 1. The van der Waals surface area contributed by atoms with Gasteiger partial charge in [-0.15, -0.1) is 11.3 Å². The van der Waals surface area contributed by atoms with E-state index in [4.69, 9.17) is 5.73 Å². The van der Waals surface area contributed by atoms with Gasteiger partial charge in [-0.25, -0.2) is 4.98 Å². The number of aromatic nitrogens is 1. The maximum Gasteiger partial charge on any atom is 0.0941 e. The average molecular weight is 255 g/mol. The van der Waals surface area contributed by atoms with Gasteiger partial charge in [0.25, 0.3) is 0 Å². The first-order valence-electron chi connectivity index (χ1n) is 6.30. The summed E-state index contributed by atoms with van der Waals surface area (Å²) in [5.41, 5.74) is 6.98. The predicted molar refractivity (Wildman–Crippen MR) is 75.2 cm³/mol. The summed E-state index contributed by atoms with van der Waals surface area (Å²) in [6.45, 7) is 11.7. The van der Waals surface area contributed by atoms with Crippen molar-refractivity contribution in [1.29, 1.82) is 0 Å². The Kier molecular flexibility index (Phi) is 5.56. The minimum absolute atomic E-state index is 0.329. The average Bonchev–Trinajstić information content (AvgIpc) is 2.66. The maximum atomic E-state index is 5.51. The number of nitrogens with two attached hydrogens (primary N) is 1. The monoisotopic (exact) mass is 255 g/mol. The van der Waals surface area contributed by atoms with Crippen LogP contribution in [0.15, 0.2) is 5.38 Å². The molecule has 3 N–H and O–H groups in total. The van der Waals surface area contributed by atoms with E-state index in [9.17, 15) is 0 Å². The van der Waals surface area contributed by atoms with Crippen molar-refractivity contribution in [3.05, 3.63) is 16.1 Å². The van der Waals surface area contributed by atoms with Crippen LogP contribution in [0.3, 0.4) is 0 Å². The molecular weight excluding hydrogens is 230 g/mol. The molecule has 1 aromatic rings. The van der Waals surface area contributed by atoms with Gasteiger partial charge in [-0.3, -0.25) is 0 Å². The molecule has 0 spiro atoms. The lowest BCUT2D eigenvalue weighted by Crippen LogP contribution is -2.33. The highest BCUT2D eigenvalue weighted by atomic mass is 32.1. The van der Waals surface area contributed by atoms with Crippen molar-refractivity contribution in [3.8, 4) is 0 Å². The van der Waals surface area contributed by atoms with Crippen LogP contribution < -0.4 is 11.1 Å². The van der Waals surface area contributed by atoms with Gasteiger partial charge >= 0.3 is 0 Å². The van der Waals surface area contributed by atoms with Gasteiger partial charge in [0.15, 0.2) is 0 Å². The van der Waals surface area contributed by atoms with E-state index in [-0.39, 0.29) is 0 Å². The number of nitrogens with zero attached hydrogens (tertiary/aromatic N) is 1. The lowest BCUT2D eigenvalue weighted by atomic mass is 9.81. The number of rotatable bonds is 7. The molecule has 1 rings (SSSR count). The Labute approximate surface area is 109 Å². The third kappa shape index (κ3) is 4.74. The highest BCUT2D eigenvalue weighted by Gasteiger charge is 2.21. The van der Waals surface area contributed by atoms with Crippen molar-refractivity contribution in [3.63, 3.8) is 0 Å². The van der Waals surface area contributed by atoms with Gasteiger partial charge < -0.3 is 11.1 Å². The number of hydrogen-bond donors (Lipinski definition) is 2. The van der Waals surface area contributed by atoms with Crippen molar-refractivity contribution >= 4 is 11.3 Å². The molecule has 98 valence electrons. The molecule has 0 fully saturated rings. The third-order valence-corrected chi connectivity index (χ3v) is 4.36. The molecule has 3 nitrogen and oxygen atoms in total. The maximum absolute atomic E-state index is 5.51. The fourth-order valence-corrected chi connectivity index (χ4v) is 2.20. The Morgan fingerprint density at radius 3 is 2.76 bits per heavy atom.